The average molecular weight is 245 g/mol. The van der Waals surface area contributed by atoms with Crippen molar-refractivity contribution in [1.82, 2.24) is 5.32 Å². The third-order valence-corrected chi connectivity index (χ3v) is 4.15. The first-order chi connectivity index (χ1) is 8.35. The van der Waals surface area contributed by atoms with Gasteiger partial charge < -0.3 is 5.32 Å². The van der Waals surface area contributed by atoms with Crippen molar-refractivity contribution < 1.29 is 0 Å². The fourth-order valence-electron chi connectivity index (χ4n) is 1.97. The van der Waals surface area contributed by atoms with Crippen molar-refractivity contribution in [1.29, 1.82) is 0 Å². The number of hydrogen-bond donors (Lipinski definition) is 1. The Kier molecular flexibility index (Phi) is 4.35. The molecule has 1 unspecified atom stereocenters. The Morgan fingerprint density at radius 1 is 1.06 bits per heavy atom. The van der Waals surface area contributed by atoms with Crippen molar-refractivity contribution in [3.63, 3.8) is 0 Å². The third kappa shape index (κ3) is 2.96. The molecule has 0 saturated heterocycles. The van der Waals surface area contributed by atoms with Gasteiger partial charge in [-0.15, -0.1) is 11.3 Å². The molecule has 0 spiro atoms. The van der Waals surface area contributed by atoms with Crippen LogP contribution in [-0.4, -0.2) is 6.54 Å². The summed E-state index contributed by atoms with van der Waals surface area (Å²) in [4.78, 5) is 2.87. The molecule has 0 amide bonds. The Morgan fingerprint density at radius 2 is 1.82 bits per heavy atom. The zero-order chi connectivity index (χ0) is 12.1. The van der Waals surface area contributed by atoms with Crippen LogP contribution in [0.25, 0.3) is 0 Å². The molecule has 0 aliphatic rings. The minimum atomic E-state index is 0.339. The Morgan fingerprint density at radius 3 is 2.41 bits per heavy atom. The quantitative estimate of drug-likeness (QED) is 0.839. The van der Waals surface area contributed by atoms with Gasteiger partial charge in [0.2, 0.25) is 0 Å². The topological polar surface area (TPSA) is 12.0 Å². The zero-order valence-electron chi connectivity index (χ0n) is 10.4. The lowest BCUT2D eigenvalue weighted by Crippen LogP contribution is -2.20. The molecule has 1 nitrogen and oxygen atoms in total. The van der Waals surface area contributed by atoms with Gasteiger partial charge in [0.05, 0.1) is 6.04 Å². The smallest absolute Gasteiger partial charge is 0.0671 e. The molecule has 1 heterocycles. The van der Waals surface area contributed by atoms with E-state index in [4.69, 9.17) is 0 Å². The molecular weight excluding hydrogens is 226 g/mol. The van der Waals surface area contributed by atoms with Crippen LogP contribution in [0.3, 0.4) is 0 Å². The van der Waals surface area contributed by atoms with Crippen molar-refractivity contribution in [3.8, 4) is 0 Å². The van der Waals surface area contributed by atoms with E-state index in [2.05, 4.69) is 61.6 Å². The van der Waals surface area contributed by atoms with E-state index in [9.17, 15) is 0 Å². The van der Waals surface area contributed by atoms with Gasteiger partial charge in [0.1, 0.15) is 0 Å². The van der Waals surface area contributed by atoms with Gasteiger partial charge in [-0.25, -0.2) is 0 Å². The highest BCUT2D eigenvalue weighted by atomic mass is 32.1. The summed E-state index contributed by atoms with van der Waals surface area (Å²) in [6.45, 7) is 5.35. The maximum Gasteiger partial charge on any atom is 0.0671 e. The Bertz CT molecular complexity index is 447. The number of thiophene rings is 1. The summed E-state index contributed by atoms with van der Waals surface area (Å²) < 4.78 is 0. The van der Waals surface area contributed by atoms with Crippen molar-refractivity contribution in [2.75, 3.05) is 6.54 Å². The first-order valence-corrected chi connectivity index (χ1v) is 7.03. The second kappa shape index (κ2) is 5.99. The van der Waals surface area contributed by atoms with E-state index in [1.165, 1.54) is 15.3 Å². The maximum absolute atomic E-state index is 3.56. The normalized spacial score (nSPS) is 12.6. The number of hydrogen-bond acceptors (Lipinski definition) is 2. The molecule has 2 heteroatoms. The summed E-state index contributed by atoms with van der Waals surface area (Å²) in [6.07, 6.45) is 1.12. The van der Waals surface area contributed by atoms with Crippen LogP contribution in [0, 0.1) is 0 Å². The van der Waals surface area contributed by atoms with Crippen LogP contribution in [0.1, 0.15) is 35.2 Å². The largest absolute Gasteiger partial charge is 0.306 e. The van der Waals surface area contributed by atoms with Crippen LogP contribution in [0.2, 0.25) is 0 Å². The lowest BCUT2D eigenvalue weighted by molar-refractivity contribution is 0.640. The minimum absolute atomic E-state index is 0.339. The Balaban J connectivity index is 2.28. The summed E-state index contributed by atoms with van der Waals surface area (Å²) >= 11 is 1.91. The van der Waals surface area contributed by atoms with Gasteiger partial charge in [-0.2, -0.15) is 0 Å². The van der Waals surface area contributed by atoms with Crippen LogP contribution in [0.5, 0.6) is 0 Å². The first kappa shape index (κ1) is 12.3. The highest BCUT2D eigenvalue weighted by molar-refractivity contribution is 7.12. The standard InChI is InChI=1S/C15H19NS/c1-3-13-10-11-14(17-13)15(16-4-2)12-8-6-5-7-9-12/h5-11,15-16H,3-4H2,1-2H3. The van der Waals surface area contributed by atoms with Crippen LogP contribution >= 0.6 is 11.3 Å². The van der Waals surface area contributed by atoms with Crippen molar-refractivity contribution in [3.05, 3.63) is 57.8 Å². The zero-order valence-corrected chi connectivity index (χ0v) is 11.3. The van der Waals surface area contributed by atoms with Crippen LogP contribution < -0.4 is 5.32 Å². The highest BCUT2D eigenvalue weighted by Gasteiger charge is 2.14. The molecule has 0 fully saturated rings. The van der Waals surface area contributed by atoms with Gasteiger partial charge in [-0.05, 0) is 30.7 Å². The minimum Gasteiger partial charge on any atom is -0.306 e. The predicted octanol–water partition coefficient (Wildman–Crippen LogP) is 4.01. The molecule has 90 valence electrons. The summed E-state index contributed by atoms with van der Waals surface area (Å²) in [5, 5.41) is 3.56. The van der Waals surface area contributed by atoms with Crippen molar-refractivity contribution in [2.24, 2.45) is 0 Å². The maximum atomic E-state index is 3.56. The molecule has 0 aliphatic carbocycles. The van der Waals surface area contributed by atoms with Crippen LogP contribution in [-0.2, 0) is 6.42 Å². The fraction of sp³-hybridized carbons (Fsp3) is 0.333. The van der Waals surface area contributed by atoms with Gasteiger partial charge >= 0.3 is 0 Å². The fourth-order valence-corrected chi connectivity index (χ4v) is 3.03. The molecule has 2 aromatic rings. The molecule has 0 radical (unpaired) electrons. The number of rotatable bonds is 5. The molecular formula is C15H19NS. The molecule has 0 bridgehead atoms. The van der Waals surface area contributed by atoms with E-state index in [1.54, 1.807) is 0 Å². The van der Waals surface area contributed by atoms with Gasteiger partial charge in [0, 0.05) is 9.75 Å². The second-order valence-corrected chi connectivity index (χ2v) is 5.26. The first-order valence-electron chi connectivity index (χ1n) is 6.22. The van der Waals surface area contributed by atoms with E-state index in [1.807, 2.05) is 11.3 Å². The molecule has 0 aliphatic heterocycles. The lowest BCUT2D eigenvalue weighted by atomic mass is 10.1. The molecule has 1 aromatic heterocycles. The molecule has 2 rings (SSSR count). The second-order valence-electron chi connectivity index (χ2n) is 4.06. The number of nitrogens with one attached hydrogen (secondary N) is 1. The summed E-state index contributed by atoms with van der Waals surface area (Å²) in [6, 6.07) is 15.5. The van der Waals surface area contributed by atoms with E-state index in [-0.39, 0.29) is 0 Å². The van der Waals surface area contributed by atoms with Crippen LogP contribution in [0.15, 0.2) is 42.5 Å². The van der Waals surface area contributed by atoms with Crippen LogP contribution in [0.4, 0.5) is 0 Å². The average Bonchev–Trinajstić information content (AvgIpc) is 2.85. The van der Waals surface area contributed by atoms with Gasteiger partial charge in [-0.3, -0.25) is 0 Å². The molecule has 1 N–H and O–H groups in total. The van der Waals surface area contributed by atoms with Crippen molar-refractivity contribution >= 4 is 11.3 Å². The Labute approximate surface area is 108 Å². The van der Waals surface area contributed by atoms with Crippen molar-refractivity contribution in [2.45, 2.75) is 26.3 Å². The monoisotopic (exact) mass is 245 g/mol. The molecule has 17 heavy (non-hydrogen) atoms. The molecule has 1 atom stereocenters. The van der Waals surface area contributed by atoms with E-state index >= 15 is 0 Å². The highest BCUT2D eigenvalue weighted by Crippen LogP contribution is 2.28. The van der Waals surface area contributed by atoms with E-state index in [0.29, 0.717) is 6.04 Å². The SMILES string of the molecule is CCNC(c1ccccc1)c1ccc(CC)s1. The lowest BCUT2D eigenvalue weighted by Gasteiger charge is -2.16. The predicted molar refractivity (Wildman–Crippen MR) is 75.7 cm³/mol. The summed E-state index contributed by atoms with van der Waals surface area (Å²) in [5.41, 5.74) is 1.35. The Hall–Kier alpha value is -1.12. The van der Waals surface area contributed by atoms with Gasteiger partial charge in [-0.1, -0.05) is 44.2 Å². The van der Waals surface area contributed by atoms with Gasteiger partial charge in [0.25, 0.3) is 0 Å². The van der Waals surface area contributed by atoms with E-state index in [0.717, 1.165) is 13.0 Å². The molecule has 0 saturated carbocycles. The summed E-state index contributed by atoms with van der Waals surface area (Å²) in [7, 11) is 0. The summed E-state index contributed by atoms with van der Waals surface area (Å²) in [5.74, 6) is 0. The van der Waals surface area contributed by atoms with E-state index < -0.39 is 0 Å². The number of aryl methyl sites for hydroxylation is 1. The number of benzene rings is 1. The molecule has 1 aromatic carbocycles. The third-order valence-electron chi connectivity index (χ3n) is 2.86. The van der Waals surface area contributed by atoms with Gasteiger partial charge in [0.15, 0.2) is 0 Å².